The van der Waals surface area contributed by atoms with Crippen LogP contribution in [0.3, 0.4) is 0 Å². The number of hydrogen-bond acceptors (Lipinski definition) is 4. The number of carbonyl (C=O) groups is 1. The van der Waals surface area contributed by atoms with E-state index in [1.54, 1.807) is 26.4 Å². The van der Waals surface area contributed by atoms with Gasteiger partial charge in [-0.1, -0.05) is 40.2 Å². The van der Waals surface area contributed by atoms with Gasteiger partial charge in [-0.25, -0.2) is 0 Å². The minimum atomic E-state index is -0.289. The standard InChI is InChI=1S/C17H17BrO4/c1-20-15-8-7-12(9-16(15)21-2)10-17(19)22-11-13-5-3-4-6-14(13)18/h3-9H,10-11H2,1-2H3. The lowest BCUT2D eigenvalue weighted by Crippen LogP contribution is -2.08. The average molecular weight is 365 g/mol. The molecule has 0 amide bonds. The van der Waals surface area contributed by atoms with Crippen molar-refractivity contribution in [3.63, 3.8) is 0 Å². The second kappa shape index (κ2) is 7.84. The quantitative estimate of drug-likeness (QED) is 0.732. The summed E-state index contributed by atoms with van der Waals surface area (Å²) in [6, 6.07) is 13.0. The average Bonchev–Trinajstić information content (AvgIpc) is 2.54. The lowest BCUT2D eigenvalue weighted by molar-refractivity contribution is -0.144. The summed E-state index contributed by atoms with van der Waals surface area (Å²) in [7, 11) is 3.14. The second-order valence-electron chi connectivity index (χ2n) is 4.62. The smallest absolute Gasteiger partial charge is 0.310 e. The molecule has 0 aliphatic heterocycles. The minimum Gasteiger partial charge on any atom is -0.493 e. The molecule has 22 heavy (non-hydrogen) atoms. The summed E-state index contributed by atoms with van der Waals surface area (Å²) in [6.07, 6.45) is 0.185. The Hall–Kier alpha value is -2.01. The minimum absolute atomic E-state index is 0.185. The van der Waals surface area contributed by atoms with E-state index in [4.69, 9.17) is 14.2 Å². The number of benzene rings is 2. The van der Waals surface area contributed by atoms with Crippen LogP contribution in [0.4, 0.5) is 0 Å². The van der Waals surface area contributed by atoms with Crippen LogP contribution < -0.4 is 9.47 Å². The maximum absolute atomic E-state index is 11.9. The highest BCUT2D eigenvalue weighted by Gasteiger charge is 2.10. The van der Waals surface area contributed by atoms with E-state index in [0.29, 0.717) is 11.5 Å². The Morgan fingerprint density at radius 3 is 2.45 bits per heavy atom. The Bertz CT molecular complexity index is 655. The topological polar surface area (TPSA) is 44.8 Å². The fraction of sp³-hybridized carbons (Fsp3) is 0.235. The molecule has 0 fully saturated rings. The highest BCUT2D eigenvalue weighted by Crippen LogP contribution is 2.27. The van der Waals surface area contributed by atoms with E-state index < -0.39 is 0 Å². The lowest BCUT2D eigenvalue weighted by Gasteiger charge is -2.10. The van der Waals surface area contributed by atoms with Crippen molar-refractivity contribution in [2.75, 3.05) is 14.2 Å². The van der Waals surface area contributed by atoms with Crippen LogP contribution in [-0.4, -0.2) is 20.2 Å². The van der Waals surface area contributed by atoms with Crippen LogP contribution in [0.1, 0.15) is 11.1 Å². The van der Waals surface area contributed by atoms with Gasteiger partial charge in [0.05, 0.1) is 20.6 Å². The van der Waals surface area contributed by atoms with Crippen molar-refractivity contribution < 1.29 is 19.0 Å². The van der Waals surface area contributed by atoms with Gasteiger partial charge < -0.3 is 14.2 Å². The summed E-state index contributed by atoms with van der Waals surface area (Å²) < 4.78 is 16.6. The Kier molecular flexibility index (Phi) is 5.83. The molecular weight excluding hydrogens is 348 g/mol. The molecule has 0 saturated heterocycles. The number of hydrogen-bond donors (Lipinski definition) is 0. The molecule has 0 unspecified atom stereocenters. The van der Waals surface area contributed by atoms with E-state index >= 15 is 0 Å². The van der Waals surface area contributed by atoms with E-state index in [9.17, 15) is 4.79 Å². The molecule has 0 N–H and O–H groups in total. The van der Waals surface area contributed by atoms with Crippen LogP contribution in [0, 0.1) is 0 Å². The first-order valence-corrected chi connectivity index (χ1v) is 7.53. The molecule has 0 heterocycles. The van der Waals surface area contributed by atoms with Crippen molar-refractivity contribution in [3.05, 3.63) is 58.1 Å². The second-order valence-corrected chi connectivity index (χ2v) is 5.47. The summed E-state index contributed by atoms with van der Waals surface area (Å²) >= 11 is 3.43. The third-order valence-electron chi connectivity index (χ3n) is 3.14. The number of halogens is 1. The monoisotopic (exact) mass is 364 g/mol. The molecular formula is C17H17BrO4. The van der Waals surface area contributed by atoms with E-state index in [1.807, 2.05) is 30.3 Å². The molecule has 4 nitrogen and oxygen atoms in total. The first kappa shape index (κ1) is 16.4. The molecule has 0 aliphatic carbocycles. The highest BCUT2D eigenvalue weighted by atomic mass is 79.9. The van der Waals surface area contributed by atoms with Gasteiger partial charge in [0.25, 0.3) is 0 Å². The van der Waals surface area contributed by atoms with E-state index in [2.05, 4.69) is 15.9 Å². The third kappa shape index (κ3) is 4.24. The molecule has 2 aromatic carbocycles. The van der Waals surface area contributed by atoms with Gasteiger partial charge in [-0.3, -0.25) is 4.79 Å². The summed E-state index contributed by atoms with van der Waals surface area (Å²) in [6.45, 7) is 0.244. The zero-order chi connectivity index (χ0) is 15.9. The van der Waals surface area contributed by atoms with Crippen LogP contribution in [0.2, 0.25) is 0 Å². The Morgan fingerprint density at radius 1 is 1.05 bits per heavy atom. The van der Waals surface area contributed by atoms with Gasteiger partial charge in [-0.05, 0) is 23.8 Å². The number of methoxy groups -OCH3 is 2. The molecule has 0 aromatic heterocycles. The molecule has 116 valence electrons. The van der Waals surface area contributed by atoms with Crippen LogP contribution in [0.5, 0.6) is 11.5 Å². The molecule has 0 atom stereocenters. The number of carbonyl (C=O) groups excluding carboxylic acids is 1. The summed E-state index contributed by atoms with van der Waals surface area (Å²) in [4.78, 5) is 11.9. The van der Waals surface area contributed by atoms with Gasteiger partial charge in [-0.2, -0.15) is 0 Å². The SMILES string of the molecule is COc1ccc(CC(=O)OCc2ccccc2Br)cc1OC. The fourth-order valence-corrected chi connectivity index (χ4v) is 2.38. The number of esters is 1. The molecule has 5 heteroatoms. The van der Waals surface area contributed by atoms with Gasteiger partial charge >= 0.3 is 5.97 Å². The molecule has 0 radical (unpaired) electrons. The van der Waals surface area contributed by atoms with Crippen molar-refractivity contribution in [1.29, 1.82) is 0 Å². The Labute approximate surface area is 138 Å². The Balaban J connectivity index is 1.96. The normalized spacial score (nSPS) is 10.1. The summed E-state index contributed by atoms with van der Waals surface area (Å²) in [5, 5.41) is 0. The van der Waals surface area contributed by atoms with Crippen molar-refractivity contribution in [3.8, 4) is 11.5 Å². The molecule has 0 bridgehead atoms. The van der Waals surface area contributed by atoms with Gasteiger partial charge in [0.2, 0.25) is 0 Å². The first-order chi connectivity index (χ1) is 10.6. The number of rotatable bonds is 6. The highest BCUT2D eigenvalue weighted by molar-refractivity contribution is 9.10. The maximum Gasteiger partial charge on any atom is 0.310 e. The van der Waals surface area contributed by atoms with Crippen LogP contribution in [0.15, 0.2) is 46.9 Å². The van der Waals surface area contributed by atoms with Gasteiger partial charge in [0.15, 0.2) is 11.5 Å². The van der Waals surface area contributed by atoms with Gasteiger partial charge in [0, 0.05) is 10.0 Å². The van der Waals surface area contributed by atoms with Crippen molar-refractivity contribution in [1.82, 2.24) is 0 Å². The van der Waals surface area contributed by atoms with E-state index in [1.165, 1.54) is 0 Å². The fourth-order valence-electron chi connectivity index (χ4n) is 1.98. The molecule has 2 rings (SSSR count). The Morgan fingerprint density at radius 2 is 1.77 bits per heavy atom. The van der Waals surface area contributed by atoms with Crippen molar-refractivity contribution >= 4 is 21.9 Å². The first-order valence-electron chi connectivity index (χ1n) is 6.74. The van der Waals surface area contributed by atoms with Crippen molar-refractivity contribution in [2.24, 2.45) is 0 Å². The zero-order valence-corrected chi connectivity index (χ0v) is 14.1. The zero-order valence-electron chi connectivity index (χ0n) is 12.5. The predicted molar refractivity (Wildman–Crippen MR) is 87.2 cm³/mol. The molecule has 0 saturated carbocycles. The summed E-state index contributed by atoms with van der Waals surface area (Å²) in [5.74, 6) is 0.939. The largest absolute Gasteiger partial charge is 0.493 e. The lowest BCUT2D eigenvalue weighted by atomic mass is 10.1. The molecule has 0 aliphatic rings. The number of ether oxygens (including phenoxy) is 3. The van der Waals surface area contributed by atoms with E-state index in [-0.39, 0.29) is 19.0 Å². The maximum atomic E-state index is 11.9. The van der Waals surface area contributed by atoms with Crippen LogP contribution in [0.25, 0.3) is 0 Å². The van der Waals surface area contributed by atoms with Crippen molar-refractivity contribution in [2.45, 2.75) is 13.0 Å². The van der Waals surface area contributed by atoms with Gasteiger partial charge in [-0.15, -0.1) is 0 Å². The third-order valence-corrected chi connectivity index (χ3v) is 3.92. The molecule has 0 spiro atoms. The summed E-state index contributed by atoms with van der Waals surface area (Å²) in [5.41, 5.74) is 1.75. The van der Waals surface area contributed by atoms with E-state index in [0.717, 1.165) is 15.6 Å². The van der Waals surface area contributed by atoms with Crippen LogP contribution >= 0.6 is 15.9 Å². The predicted octanol–water partition coefficient (Wildman–Crippen LogP) is 3.75. The van der Waals surface area contributed by atoms with Gasteiger partial charge in [0.1, 0.15) is 6.61 Å². The molecule has 2 aromatic rings. The van der Waals surface area contributed by atoms with Crippen LogP contribution in [-0.2, 0) is 22.6 Å².